The van der Waals surface area contributed by atoms with Crippen molar-refractivity contribution in [3.8, 4) is 11.3 Å². The minimum Gasteiger partial charge on any atom is -0.351 e. The van der Waals surface area contributed by atoms with Crippen LogP contribution < -0.4 is 11.1 Å². The van der Waals surface area contributed by atoms with E-state index >= 15 is 0 Å². The number of hydrogen-bond acceptors (Lipinski definition) is 7. The first-order chi connectivity index (χ1) is 15.1. The Hall–Kier alpha value is -2.40. The molecule has 1 aliphatic rings. The van der Waals surface area contributed by atoms with E-state index in [0.29, 0.717) is 48.5 Å². The first-order valence-electron chi connectivity index (χ1n) is 10.2. The Morgan fingerprint density at radius 1 is 1.28 bits per heavy atom. The average Bonchev–Trinajstić information content (AvgIpc) is 2.74. The van der Waals surface area contributed by atoms with Crippen molar-refractivity contribution in [2.75, 3.05) is 24.7 Å². The fourth-order valence-electron chi connectivity index (χ4n) is 3.92. The molecule has 32 heavy (non-hydrogen) atoms. The normalized spacial score (nSPS) is 16.9. The van der Waals surface area contributed by atoms with Crippen molar-refractivity contribution in [2.24, 2.45) is 5.73 Å². The number of nitrogens with one attached hydrogen (secondary N) is 1. The molecule has 3 heterocycles. The van der Waals surface area contributed by atoms with Crippen molar-refractivity contribution < 1.29 is 12.8 Å². The smallest absolute Gasteiger partial charge is 0.223 e. The van der Waals surface area contributed by atoms with Crippen LogP contribution in [-0.2, 0) is 10.0 Å². The van der Waals surface area contributed by atoms with Crippen LogP contribution in [-0.4, -0.2) is 53.1 Å². The van der Waals surface area contributed by atoms with E-state index in [0.717, 1.165) is 5.56 Å². The number of piperidine rings is 1. The minimum absolute atomic E-state index is 0.0178. The predicted octanol–water partition coefficient (Wildman–Crippen LogP) is 3.34. The number of benzene rings is 1. The van der Waals surface area contributed by atoms with Gasteiger partial charge >= 0.3 is 0 Å². The third-order valence-electron chi connectivity index (χ3n) is 5.60. The second-order valence-corrected chi connectivity index (χ2v) is 10.4. The number of hydrogen-bond donors (Lipinski definition) is 2. The van der Waals surface area contributed by atoms with Crippen LogP contribution in [0.15, 0.2) is 30.6 Å². The van der Waals surface area contributed by atoms with Crippen LogP contribution in [0.4, 0.5) is 10.3 Å². The summed E-state index contributed by atoms with van der Waals surface area (Å²) in [6.45, 7) is 2.69. The molecular weight excluding hydrogens is 455 g/mol. The maximum absolute atomic E-state index is 14.9. The lowest BCUT2D eigenvalue weighted by Gasteiger charge is -2.30. The van der Waals surface area contributed by atoms with Gasteiger partial charge in [-0.2, -0.15) is 0 Å². The van der Waals surface area contributed by atoms with Gasteiger partial charge in [0.25, 0.3) is 0 Å². The largest absolute Gasteiger partial charge is 0.351 e. The summed E-state index contributed by atoms with van der Waals surface area (Å²) in [6.07, 6.45) is 5.48. The number of sulfonamides is 1. The van der Waals surface area contributed by atoms with Crippen LogP contribution in [0.25, 0.3) is 22.2 Å². The molecule has 11 heteroatoms. The lowest BCUT2D eigenvalue weighted by Crippen LogP contribution is -2.42. The molecule has 1 unspecified atom stereocenters. The van der Waals surface area contributed by atoms with Crippen LogP contribution in [0.2, 0.25) is 5.02 Å². The lowest BCUT2D eigenvalue weighted by molar-refractivity contribution is 0.331. The zero-order chi connectivity index (χ0) is 23.0. The zero-order valence-corrected chi connectivity index (χ0v) is 19.3. The molecule has 1 atom stereocenters. The summed E-state index contributed by atoms with van der Waals surface area (Å²) in [7, 11) is -3.20. The van der Waals surface area contributed by atoms with Gasteiger partial charge in [-0.1, -0.05) is 11.6 Å². The number of halogens is 2. The van der Waals surface area contributed by atoms with Crippen molar-refractivity contribution in [3.05, 3.63) is 47.0 Å². The first kappa shape index (κ1) is 22.8. The molecule has 4 rings (SSSR count). The molecule has 0 bridgehead atoms. The van der Waals surface area contributed by atoms with E-state index in [1.165, 1.54) is 22.8 Å². The number of nitrogens with zero attached hydrogens (tertiary/aromatic N) is 4. The first-order valence-corrected chi connectivity index (χ1v) is 12.4. The van der Waals surface area contributed by atoms with Gasteiger partial charge in [0.2, 0.25) is 16.0 Å². The van der Waals surface area contributed by atoms with Crippen LogP contribution >= 0.6 is 11.6 Å². The molecule has 0 radical (unpaired) electrons. The third kappa shape index (κ3) is 4.68. The van der Waals surface area contributed by atoms with Gasteiger partial charge in [0, 0.05) is 42.3 Å². The summed E-state index contributed by atoms with van der Waals surface area (Å²) in [4.78, 5) is 12.9. The summed E-state index contributed by atoms with van der Waals surface area (Å²) in [6, 6.07) is 4.62. The Labute approximate surface area is 191 Å². The second kappa shape index (κ2) is 8.86. The summed E-state index contributed by atoms with van der Waals surface area (Å²) >= 11 is 6.36. The standard InChI is InChI=1S/C21H24ClFN6O2S/c1-12(24)15-3-6-25-20-16(15)9-13(10-18(20)23)19-17(22)11-26-21(28-19)27-14-4-7-29(8-5-14)32(2,30)31/h3,6,9-12,14H,4-5,7-8,24H2,1-2H3,(H,26,27,28). The molecular formula is C21H24ClFN6O2S. The van der Waals surface area contributed by atoms with Crippen molar-refractivity contribution in [1.82, 2.24) is 19.3 Å². The van der Waals surface area contributed by atoms with Gasteiger partial charge in [-0.25, -0.2) is 27.1 Å². The summed E-state index contributed by atoms with van der Waals surface area (Å²) in [5.41, 5.74) is 7.96. The Morgan fingerprint density at radius 2 is 2.00 bits per heavy atom. The molecule has 1 aliphatic heterocycles. The summed E-state index contributed by atoms with van der Waals surface area (Å²) in [5, 5.41) is 4.13. The van der Waals surface area contributed by atoms with Crippen molar-refractivity contribution >= 4 is 38.5 Å². The second-order valence-electron chi connectivity index (χ2n) is 8.01. The molecule has 0 aliphatic carbocycles. The van der Waals surface area contributed by atoms with Crippen LogP contribution in [0.1, 0.15) is 31.4 Å². The molecule has 0 saturated carbocycles. The maximum atomic E-state index is 14.9. The number of anilines is 1. The number of fused-ring (bicyclic) bond motifs is 1. The fourth-order valence-corrected chi connectivity index (χ4v) is 4.99. The van der Waals surface area contributed by atoms with E-state index in [9.17, 15) is 12.8 Å². The highest BCUT2D eigenvalue weighted by Gasteiger charge is 2.25. The van der Waals surface area contributed by atoms with E-state index in [4.69, 9.17) is 17.3 Å². The molecule has 2 aromatic heterocycles. The van der Waals surface area contributed by atoms with E-state index in [1.54, 1.807) is 18.3 Å². The third-order valence-corrected chi connectivity index (χ3v) is 7.18. The molecule has 1 fully saturated rings. The molecule has 3 N–H and O–H groups in total. The van der Waals surface area contributed by atoms with Gasteiger partial charge in [0.15, 0.2) is 0 Å². The average molecular weight is 479 g/mol. The number of nitrogens with two attached hydrogens (primary N) is 1. The van der Waals surface area contributed by atoms with Gasteiger partial charge in [-0.15, -0.1) is 0 Å². The van der Waals surface area contributed by atoms with Gasteiger partial charge in [-0.3, -0.25) is 4.98 Å². The zero-order valence-electron chi connectivity index (χ0n) is 17.7. The van der Waals surface area contributed by atoms with Gasteiger partial charge in [0.1, 0.15) is 11.3 Å². The van der Waals surface area contributed by atoms with Gasteiger partial charge in [-0.05, 0) is 43.5 Å². The number of aromatic nitrogens is 3. The maximum Gasteiger partial charge on any atom is 0.223 e. The molecule has 1 saturated heterocycles. The molecule has 0 amide bonds. The minimum atomic E-state index is -3.20. The quantitative estimate of drug-likeness (QED) is 0.578. The summed E-state index contributed by atoms with van der Waals surface area (Å²) in [5.74, 6) is -0.140. The number of rotatable bonds is 5. The van der Waals surface area contributed by atoms with E-state index < -0.39 is 15.8 Å². The fraction of sp³-hybridized carbons (Fsp3) is 0.381. The predicted molar refractivity (Wildman–Crippen MR) is 123 cm³/mol. The Morgan fingerprint density at radius 3 is 2.66 bits per heavy atom. The molecule has 3 aromatic rings. The van der Waals surface area contributed by atoms with Crippen LogP contribution in [0.5, 0.6) is 0 Å². The SMILES string of the molecule is CC(N)c1ccnc2c(F)cc(-c3nc(NC4CCN(S(C)(=O)=O)CC4)ncc3Cl)cc12. The van der Waals surface area contributed by atoms with E-state index in [1.807, 2.05) is 6.92 Å². The van der Waals surface area contributed by atoms with E-state index in [-0.39, 0.29) is 22.6 Å². The topological polar surface area (TPSA) is 114 Å². The molecule has 1 aromatic carbocycles. The molecule has 170 valence electrons. The Balaban J connectivity index is 1.64. The van der Waals surface area contributed by atoms with Gasteiger partial charge < -0.3 is 11.1 Å². The summed E-state index contributed by atoms with van der Waals surface area (Å²) < 4.78 is 39.7. The Kier molecular flexibility index (Phi) is 6.30. The number of pyridine rings is 1. The highest BCUT2D eigenvalue weighted by molar-refractivity contribution is 7.88. The molecule has 8 nitrogen and oxygen atoms in total. The Bertz CT molecular complexity index is 1260. The van der Waals surface area contributed by atoms with Crippen molar-refractivity contribution in [3.63, 3.8) is 0 Å². The van der Waals surface area contributed by atoms with Gasteiger partial charge in [0.05, 0.1) is 23.2 Å². The molecule has 0 spiro atoms. The van der Waals surface area contributed by atoms with Crippen LogP contribution in [0, 0.1) is 5.82 Å². The van der Waals surface area contributed by atoms with Crippen molar-refractivity contribution in [1.29, 1.82) is 0 Å². The monoisotopic (exact) mass is 478 g/mol. The van der Waals surface area contributed by atoms with Crippen molar-refractivity contribution in [2.45, 2.75) is 31.8 Å². The van der Waals surface area contributed by atoms with Crippen LogP contribution in [0.3, 0.4) is 0 Å². The van der Waals surface area contributed by atoms with E-state index in [2.05, 4.69) is 20.3 Å². The highest BCUT2D eigenvalue weighted by Crippen LogP contribution is 2.32. The highest BCUT2D eigenvalue weighted by atomic mass is 35.5. The lowest BCUT2D eigenvalue weighted by atomic mass is 10.00.